The Labute approximate surface area is 169 Å². The Morgan fingerprint density at radius 2 is 2.11 bits per heavy atom. The Kier molecular flexibility index (Phi) is 5.29. The fourth-order valence-corrected chi connectivity index (χ4v) is 5.31. The number of ether oxygens (including phenoxy) is 1. The third-order valence-electron chi connectivity index (χ3n) is 4.43. The summed E-state index contributed by atoms with van der Waals surface area (Å²) in [6.45, 7) is 1.00. The predicted molar refractivity (Wildman–Crippen MR) is 110 cm³/mol. The van der Waals surface area contributed by atoms with Gasteiger partial charge in [0.15, 0.2) is 6.61 Å². The number of carbonyl (C=O) groups is 2. The quantitative estimate of drug-likeness (QED) is 0.454. The minimum Gasteiger partial charge on any atom is -0.452 e. The maximum absolute atomic E-state index is 12.3. The van der Waals surface area contributed by atoms with Crippen molar-refractivity contribution in [2.45, 2.75) is 13.0 Å². The lowest BCUT2D eigenvalue weighted by atomic mass is 10.1. The molecule has 0 radical (unpaired) electrons. The second-order valence-corrected chi connectivity index (χ2v) is 8.61. The highest BCUT2D eigenvalue weighted by molar-refractivity contribution is 7.20. The number of rotatable bonds is 4. The standard InChI is InChI=1S/C20H16ClNO3S2/c21-20-14-3-1-2-4-16(14)27-17(20)5-6-19(24)25-12-18(23)22-9-7-15-13(11-22)8-10-26-15/h1-6,8,10H,7,9,11-12H2/b6-5+. The van der Waals surface area contributed by atoms with Gasteiger partial charge in [-0.25, -0.2) is 4.79 Å². The minimum atomic E-state index is -0.551. The van der Waals surface area contributed by atoms with E-state index in [-0.39, 0.29) is 12.5 Å². The van der Waals surface area contributed by atoms with E-state index >= 15 is 0 Å². The lowest BCUT2D eigenvalue weighted by Crippen LogP contribution is -2.38. The van der Waals surface area contributed by atoms with Crippen LogP contribution in [0.4, 0.5) is 0 Å². The number of hydrogen-bond donors (Lipinski definition) is 0. The molecular formula is C20H16ClNO3S2. The topological polar surface area (TPSA) is 46.6 Å². The van der Waals surface area contributed by atoms with Gasteiger partial charge < -0.3 is 9.64 Å². The van der Waals surface area contributed by atoms with Crippen LogP contribution in [-0.2, 0) is 27.3 Å². The summed E-state index contributed by atoms with van der Waals surface area (Å²) in [5.74, 6) is -0.724. The molecule has 0 saturated heterocycles. The van der Waals surface area contributed by atoms with E-state index in [2.05, 4.69) is 0 Å². The molecule has 0 fully saturated rings. The van der Waals surface area contributed by atoms with Crippen molar-refractivity contribution in [3.63, 3.8) is 0 Å². The summed E-state index contributed by atoms with van der Waals surface area (Å²) in [5.41, 5.74) is 1.19. The molecule has 0 N–H and O–H groups in total. The summed E-state index contributed by atoms with van der Waals surface area (Å²) in [4.78, 5) is 28.1. The van der Waals surface area contributed by atoms with Crippen LogP contribution >= 0.6 is 34.3 Å². The van der Waals surface area contributed by atoms with Crippen LogP contribution in [0.15, 0.2) is 41.8 Å². The molecule has 138 valence electrons. The largest absolute Gasteiger partial charge is 0.452 e. The first-order valence-corrected chi connectivity index (χ1v) is 10.5. The molecule has 7 heteroatoms. The van der Waals surface area contributed by atoms with E-state index < -0.39 is 5.97 Å². The molecule has 1 aliphatic heterocycles. The van der Waals surface area contributed by atoms with Crippen LogP contribution in [0.2, 0.25) is 5.02 Å². The van der Waals surface area contributed by atoms with Crippen molar-refractivity contribution in [2.24, 2.45) is 0 Å². The van der Waals surface area contributed by atoms with Crippen molar-refractivity contribution in [1.82, 2.24) is 4.90 Å². The Morgan fingerprint density at radius 3 is 2.96 bits per heavy atom. The number of thiophene rings is 2. The van der Waals surface area contributed by atoms with Crippen molar-refractivity contribution < 1.29 is 14.3 Å². The van der Waals surface area contributed by atoms with Crippen LogP contribution in [-0.4, -0.2) is 29.9 Å². The molecule has 1 aromatic carbocycles. The van der Waals surface area contributed by atoms with Gasteiger partial charge >= 0.3 is 5.97 Å². The van der Waals surface area contributed by atoms with Gasteiger partial charge in [-0.3, -0.25) is 4.79 Å². The maximum Gasteiger partial charge on any atom is 0.331 e. The van der Waals surface area contributed by atoms with Gasteiger partial charge in [-0.05, 0) is 35.6 Å². The highest BCUT2D eigenvalue weighted by Crippen LogP contribution is 2.35. The van der Waals surface area contributed by atoms with Crippen molar-refractivity contribution in [1.29, 1.82) is 0 Å². The first kappa shape index (κ1) is 18.2. The van der Waals surface area contributed by atoms with E-state index in [0.29, 0.717) is 18.1 Å². The number of esters is 1. The second kappa shape index (κ2) is 7.84. The second-order valence-electron chi connectivity index (χ2n) is 6.15. The molecular weight excluding hydrogens is 402 g/mol. The average Bonchev–Trinajstić information content (AvgIpc) is 3.28. The van der Waals surface area contributed by atoms with Gasteiger partial charge in [-0.1, -0.05) is 29.8 Å². The summed E-state index contributed by atoms with van der Waals surface area (Å²) >= 11 is 9.58. The van der Waals surface area contributed by atoms with Crippen LogP contribution in [0.3, 0.4) is 0 Å². The van der Waals surface area contributed by atoms with Crippen LogP contribution in [0.1, 0.15) is 15.3 Å². The molecule has 0 spiro atoms. The number of nitrogens with zero attached hydrogens (tertiary/aromatic N) is 1. The molecule has 0 atom stereocenters. The van der Waals surface area contributed by atoms with Crippen molar-refractivity contribution in [3.8, 4) is 0 Å². The number of fused-ring (bicyclic) bond motifs is 2. The highest BCUT2D eigenvalue weighted by atomic mass is 35.5. The minimum absolute atomic E-state index is 0.173. The predicted octanol–water partition coefficient (Wildman–Crippen LogP) is 4.76. The van der Waals surface area contributed by atoms with Gasteiger partial charge in [-0.15, -0.1) is 22.7 Å². The SMILES string of the molecule is O=C(/C=C/c1sc2ccccc2c1Cl)OCC(=O)N1CCc2sccc2C1. The summed E-state index contributed by atoms with van der Waals surface area (Å²) in [6.07, 6.45) is 3.81. The molecule has 2 aromatic heterocycles. The lowest BCUT2D eigenvalue weighted by Gasteiger charge is -2.26. The van der Waals surface area contributed by atoms with Crippen LogP contribution in [0.25, 0.3) is 16.2 Å². The van der Waals surface area contributed by atoms with Crippen molar-refractivity contribution >= 4 is 62.3 Å². The van der Waals surface area contributed by atoms with Crippen molar-refractivity contribution in [3.05, 3.63) is 62.1 Å². The van der Waals surface area contributed by atoms with E-state index in [1.807, 2.05) is 35.7 Å². The van der Waals surface area contributed by atoms with Crippen LogP contribution < -0.4 is 0 Å². The molecule has 1 aliphatic rings. The normalized spacial score (nSPS) is 13.9. The third-order valence-corrected chi connectivity index (χ3v) is 7.11. The summed E-state index contributed by atoms with van der Waals surface area (Å²) in [6, 6.07) is 9.84. The summed E-state index contributed by atoms with van der Waals surface area (Å²) in [5, 5.41) is 3.63. The molecule has 27 heavy (non-hydrogen) atoms. The molecule has 3 heterocycles. The van der Waals surface area contributed by atoms with Gasteiger partial charge in [0, 0.05) is 39.0 Å². The molecule has 0 bridgehead atoms. The number of halogens is 1. The maximum atomic E-state index is 12.3. The van der Waals surface area contributed by atoms with E-state index in [1.165, 1.54) is 27.9 Å². The van der Waals surface area contributed by atoms with Crippen LogP contribution in [0, 0.1) is 0 Å². The molecule has 0 unspecified atom stereocenters. The average molecular weight is 418 g/mol. The molecule has 4 rings (SSSR count). The molecule has 4 nitrogen and oxygen atoms in total. The zero-order chi connectivity index (χ0) is 18.8. The smallest absolute Gasteiger partial charge is 0.331 e. The Hall–Kier alpha value is -2.15. The number of benzene rings is 1. The molecule has 0 aliphatic carbocycles. The molecule has 3 aromatic rings. The fraction of sp³-hybridized carbons (Fsp3) is 0.200. The number of amides is 1. The number of hydrogen-bond acceptors (Lipinski definition) is 5. The van der Waals surface area contributed by atoms with Gasteiger partial charge in [0.1, 0.15) is 0 Å². The first-order valence-electron chi connectivity index (χ1n) is 8.46. The Bertz CT molecular complexity index is 1040. The fourth-order valence-electron chi connectivity index (χ4n) is 3.02. The third kappa shape index (κ3) is 3.93. The van der Waals surface area contributed by atoms with Gasteiger partial charge in [0.2, 0.25) is 0 Å². The van der Waals surface area contributed by atoms with Crippen molar-refractivity contribution in [2.75, 3.05) is 13.2 Å². The first-order chi connectivity index (χ1) is 13.1. The van der Waals surface area contributed by atoms with E-state index in [1.54, 1.807) is 22.3 Å². The molecule has 0 saturated carbocycles. The molecule has 1 amide bonds. The number of carbonyl (C=O) groups excluding carboxylic acids is 2. The van der Waals surface area contributed by atoms with E-state index in [4.69, 9.17) is 16.3 Å². The zero-order valence-electron chi connectivity index (χ0n) is 14.3. The highest BCUT2D eigenvalue weighted by Gasteiger charge is 2.22. The van der Waals surface area contributed by atoms with E-state index in [0.717, 1.165) is 21.4 Å². The van der Waals surface area contributed by atoms with E-state index in [9.17, 15) is 9.59 Å². The lowest BCUT2D eigenvalue weighted by molar-refractivity contribution is -0.148. The summed E-state index contributed by atoms with van der Waals surface area (Å²) < 4.78 is 6.17. The Balaban J connectivity index is 1.33. The van der Waals surface area contributed by atoms with Crippen LogP contribution in [0.5, 0.6) is 0 Å². The monoisotopic (exact) mass is 417 g/mol. The van der Waals surface area contributed by atoms with Gasteiger partial charge in [0.25, 0.3) is 5.91 Å². The Morgan fingerprint density at radius 1 is 1.26 bits per heavy atom. The van der Waals surface area contributed by atoms with Gasteiger partial charge in [-0.2, -0.15) is 0 Å². The zero-order valence-corrected chi connectivity index (χ0v) is 16.7. The summed E-state index contributed by atoms with van der Waals surface area (Å²) in [7, 11) is 0. The van der Waals surface area contributed by atoms with Gasteiger partial charge in [0.05, 0.1) is 5.02 Å².